The number of hydrogen-bond acceptors (Lipinski definition) is 8. The van der Waals surface area contributed by atoms with Crippen molar-refractivity contribution in [3.8, 4) is 5.69 Å². The number of aromatic nitrogens is 5. The molecule has 0 aliphatic heterocycles. The van der Waals surface area contributed by atoms with Crippen molar-refractivity contribution in [3.05, 3.63) is 46.8 Å². The summed E-state index contributed by atoms with van der Waals surface area (Å²) in [5.74, 6) is 0.0815. The fourth-order valence-electron chi connectivity index (χ4n) is 3.48. The lowest BCUT2D eigenvalue weighted by atomic mass is 9.91. The van der Waals surface area contributed by atoms with E-state index < -0.39 is 5.91 Å². The Labute approximate surface area is 181 Å². The number of anilines is 3. The van der Waals surface area contributed by atoms with E-state index in [9.17, 15) is 4.79 Å². The van der Waals surface area contributed by atoms with Crippen LogP contribution in [0.15, 0.2) is 41.3 Å². The second-order valence-electron chi connectivity index (χ2n) is 7.16. The molecule has 1 aromatic carbocycles. The van der Waals surface area contributed by atoms with Crippen LogP contribution in [0.25, 0.3) is 5.69 Å². The van der Waals surface area contributed by atoms with Crippen LogP contribution in [-0.2, 0) is 0 Å². The predicted octanol–water partition coefficient (Wildman–Crippen LogP) is 2.34. The first-order chi connectivity index (χ1) is 14.5. The zero-order valence-electron chi connectivity index (χ0n) is 16.1. The van der Waals surface area contributed by atoms with Gasteiger partial charge in [0.2, 0.25) is 5.95 Å². The smallest absolute Gasteiger partial charge is 0.254 e. The number of hydrogen-bond donors (Lipinski definition) is 4. The first kappa shape index (κ1) is 20.2. The van der Waals surface area contributed by atoms with Crippen LogP contribution in [0.4, 0.5) is 17.5 Å². The van der Waals surface area contributed by atoms with Gasteiger partial charge in [0, 0.05) is 28.4 Å². The van der Waals surface area contributed by atoms with Gasteiger partial charge in [-0.25, -0.2) is 4.98 Å². The van der Waals surface area contributed by atoms with Crippen molar-refractivity contribution < 1.29 is 4.79 Å². The Balaban J connectivity index is 1.63. The molecule has 0 bridgehead atoms. The van der Waals surface area contributed by atoms with Gasteiger partial charge in [-0.15, -0.1) is 0 Å². The first-order valence-corrected chi connectivity index (χ1v) is 10.4. The molecular formula is C19H22BrN9O. The highest BCUT2D eigenvalue weighted by Crippen LogP contribution is 2.26. The molecule has 0 unspecified atom stereocenters. The fourth-order valence-corrected chi connectivity index (χ4v) is 3.96. The monoisotopic (exact) mass is 471 g/mol. The maximum Gasteiger partial charge on any atom is 0.254 e. The molecule has 10 nitrogen and oxygen atoms in total. The Kier molecular flexibility index (Phi) is 5.91. The molecule has 1 aliphatic rings. The third kappa shape index (κ3) is 4.57. The van der Waals surface area contributed by atoms with E-state index in [1.165, 1.54) is 11.0 Å². The number of nitrogens with zero attached hydrogens (tertiary/aromatic N) is 5. The molecule has 30 heavy (non-hydrogen) atoms. The zero-order valence-corrected chi connectivity index (χ0v) is 17.7. The van der Waals surface area contributed by atoms with Crippen LogP contribution in [-0.4, -0.2) is 43.0 Å². The van der Waals surface area contributed by atoms with Crippen molar-refractivity contribution in [1.29, 1.82) is 0 Å². The normalized spacial score (nSPS) is 18.7. The van der Waals surface area contributed by atoms with Crippen LogP contribution < -0.4 is 22.1 Å². The van der Waals surface area contributed by atoms with E-state index in [-0.39, 0.29) is 17.6 Å². The molecule has 156 valence electrons. The molecule has 0 radical (unpaired) electrons. The summed E-state index contributed by atoms with van der Waals surface area (Å²) in [7, 11) is 0. The Morgan fingerprint density at radius 3 is 2.67 bits per heavy atom. The lowest BCUT2D eigenvalue weighted by molar-refractivity contribution is 0.100. The minimum atomic E-state index is -0.623. The van der Waals surface area contributed by atoms with Crippen LogP contribution >= 0.6 is 15.9 Å². The average Bonchev–Trinajstić information content (AvgIpc) is 3.24. The molecule has 0 saturated heterocycles. The molecule has 1 saturated carbocycles. The third-order valence-electron chi connectivity index (χ3n) is 4.98. The zero-order chi connectivity index (χ0) is 21.1. The van der Waals surface area contributed by atoms with Crippen molar-refractivity contribution >= 4 is 39.3 Å². The van der Waals surface area contributed by atoms with Gasteiger partial charge in [-0.2, -0.15) is 20.0 Å². The molecule has 6 N–H and O–H groups in total. The van der Waals surface area contributed by atoms with Crippen LogP contribution in [0.5, 0.6) is 0 Å². The summed E-state index contributed by atoms with van der Waals surface area (Å²) >= 11 is 3.49. The Bertz CT molecular complexity index is 1040. The van der Waals surface area contributed by atoms with Gasteiger partial charge in [0.05, 0.1) is 18.1 Å². The number of benzene rings is 1. The van der Waals surface area contributed by atoms with Gasteiger partial charge < -0.3 is 22.1 Å². The number of halogens is 1. The summed E-state index contributed by atoms with van der Waals surface area (Å²) in [4.78, 5) is 22.2. The van der Waals surface area contributed by atoms with E-state index in [1.807, 2.05) is 18.2 Å². The summed E-state index contributed by atoms with van der Waals surface area (Å²) in [6.07, 6.45) is 8.76. The van der Waals surface area contributed by atoms with Gasteiger partial charge in [-0.05, 0) is 31.0 Å². The number of amides is 1. The lowest BCUT2D eigenvalue weighted by Gasteiger charge is -2.29. The van der Waals surface area contributed by atoms with Crippen molar-refractivity contribution in [1.82, 2.24) is 25.0 Å². The second kappa shape index (κ2) is 8.76. The van der Waals surface area contributed by atoms with Gasteiger partial charge >= 0.3 is 0 Å². The van der Waals surface area contributed by atoms with E-state index in [2.05, 4.69) is 46.7 Å². The minimum Gasteiger partial charge on any atom is -0.365 e. The number of carbonyl (C=O) groups is 1. The quantitative estimate of drug-likeness (QED) is 0.427. The van der Waals surface area contributed by atoms with Gasteiger partial charge in [-0.1, -0.05) is 28.8 Å². The molecule has 2 atom stereocenters. The summed E-state index contributed by atoms with van der Waals surface area (Å²) < 4.78 is 0.806. The number of carbonyl (C=O) groups excluding carboxylic acids is 1. The van der Waals surface area contributed by atoms with Crippen molar-refractivity contribution in [2.45, 2.75) is 37.8 Å². The summed E-state index contributed by atoms with van der Waals surface area (Å²) in [5.41, 5.74) is 13.3. The summed E-state index contributed by atoms with van der Waals surface area (Å²) in [6, 6.07) is 5.70. The molecule has 2 heterocycles. The summed E-state index contributed by atoms with van der Waals surface area (Å²) in [5, 5.41) is 14.7. The highest BCUT2D eigenvalue weighted by Gasteiger charge is 2.23. The molecular weight excluding hydrogens is 450 g/mol. The molecule has 11 heteroatoms. The second-order valence-corrected chi connectivity index (χ2v) is 8.08. The largest absolute Gasteiger partial charge is 0.365 e. The van der Waals surface area contributed by atoms with Crippen LogP contribution in [0.1, 0.15) is 36.0 Å². The van der Waals surface area contributed by atoms with Crippen LogP contribution in [0.3, 0.4) is 0 Å². The maximum atomic E-state index is 11.9. The van der Waals surface area contributed by atoms with E-state index in [0.717, 1.165) is 35.8 Å². The lowest BCUT2D eigenvalue weighted by Crippen LogP contribution is -2.43. The standard InChI is InChI=1S/C19H22BrN9O/c20-11-7-12(9-13(8-11)29-24-5-6-25-29)26-18-14(17(22)30)10-23-19(28-18)27-16-4-2-1-3-15(16)21/h5-10,15-16H,1-4,21H2,(H2,22,30)(H2,23,26,27,28)/t15-,16+/m0/s1. The molecule has 2 aromatic heterocycles. The van der Waals surface area contributed by atoms with E-state index >= 15 is 0 Å². The van der Waals surface area contributed by atoms with E-state index in [1.54, 1.807) is 12.4 Å². The summed E-state index contributed by atoms with van der Waals surface area (Å²) in [6.45, 7) is 0. The third-order valence-corrected chi connectivity index (χ3v) is 5.44. The van der Waals surface area contributed by atoms with Crippen LogP contribution in [0, 0.1) is 0 Å². The number of primary amides is 1. The maximum absolute atomic E-state index is 11.9. The topological polar surface area (TPSA) is 150 Å². The van der Waals surface area contributed by atoms with Crippen molar-refractivity contribution in [3.63, 3.8) is 0 Å². The fraction of sp³-hybridized carbons (Fsp3) is 0.316. The van der Waals surface area contributed by atoms with E-state index in [0.29, 0.717) is 17.5 Å². The minimum absolute atomic E-state index is 0.0452. The highest BCUT2D eigenvalue weighted by atomic mass is 79.9. The van der Waals surface area contributed by atoms with Crippen LogP contribution in [0.2, 0.25) is 0 Å². The van der Waals surface area contributed by atoms with Gasteiger partial charge in [-0.3, -0.25) is 4.79 Å². The first-order valence-electron chi connectivity index (χ1n) is 9.63. The Morgan fingerprint density at radius 1 is 1.17 bits per heavy atom. The van der Waals surface area contributed by atoms with Gasteiger partial charge in [0.25, 0.3) is 5.91 Å². The Morgan fingerprint density at radius 2 is 1.93 bits per heavy atom. The van der Waals surface area contributed by atoms with Gasteiger partial charge in [0.1, 0.15) is 11.4 Å². The number of rotatable bonds is 6. The molecule has 1 amide bonds. The Hall–Kier alpha value is -3.05. The molecule has 1 fully saturated rings. The highest BCUT2D eigenvalue weighted by molar-refractivity contribution is 9.10. The predicted molar refractivity (Wildman–Crippen MR) is 117 cm³/mol. The van der Waals surface area contributed by atoms with Crippen molar-refractivity contribution in [2.75, 3.05) is 10.6 Å². The number of nitrogens with two attached hydrogens (primary N) is 2. The van der Waals surface area contributed by atoms with Gasteiger partial charge in [0.15, 0.2) is 0 Å². The molecule has 3 aromatic rings. The van der Waals surface area contributed by atoms with Crippen molar-refractivity contribution in [2.24, 2.45) is 11.5 Å². The molecule has 0 spiro atoms. The van der Waals surface area contributed by atoms with E-state index in [4.69, 9.17) is 11.5 Å². The molecule has 4 rings (SSSR count). The molecule has 1 aliphatic carbocycles. The SMILES string of the molecule is NC(=O)c1cnc(N[C@@H]2CCCC[C@@H]2N)nc1Nc1cc(Br)cc(-n2nccn2)c1. The average molecular weight is 472 g/mol. The number of nitrogens with one attached hydrogen (secondary N) is 2.